The van der Waals surface area contributed by atoms with Gasteiger partial charge in [-0.05, 0) is 55.3 Å². The molecule has 2 aromatic carbocycles. The number of nitrogens with zero attached hydrogens (tertiary/aromatic N) is 4. The summed E-state index contributed by atoms with van der Waals surface area (Å²) < 4.78 is 2.14. The molecule has 32 heavy (non-hydrogen) atoms. The van der Waals surface area contributed by atoms with E-state index in [2.05, 4.69) is 43.0 Å². The highest BCUT2D eigenvalue weighted by molar-refractivity contribution is 7.98. The summed E-state index contributed by atoms with van der Waals surface area (Å²) in [5.41, 5.74) is 7.34. The fraction of sp³-hybridized carbons (Fsp3) is 0.280. The minimum Gasteiger partial charge on any atom is -0.352 e. The Morgan fingerprint density at radius 3 is 2.56 bits per heavy atom. The number of benzene rings is 2. The maximum Gasteiger partial charge on any atom is 0.220 e. The van der Waals surface area contributed by atoms with Gasteiger partial charge in [0.2, 0.25) is 5.91 Å². The lowest BCUT2D eigenvalue weighted by Crippen LogP contribution is -2.23. The summed E-state index contributed by atoms with van der Waals surface area (Å²) in [6.45, 7) is 5.22. The van der Waals surface area contributed by atoms with Crippen LogP contribution in [0.5, 0.6) is 0 Å². The summed E-state index contributed by atoms with van der Waals surface area (Å²) in [4.78, 5) is 25.9. The minimum absolute atomic E-state index is 0.0312. The van der Waals surface area contributed by atoms with Crippen LogP contribution >= 0.6 is 11.8 Å². The lowest BCUT2D eigenvalue weighted by Gasteiger charge is -2.11. The highest BCUT2D eigenvalue weighted by Crippen LogP contribution is 2.17. The number of para-hydroxylation sites is 2. The molecule has 0 radical (unpaired) electrons. The van der Waals surface area contributed by atoms with Crippen molar-refractivity contribution in [2.24, 2.45) is 0 Å². The first-order valence-electron chi connectivity index (χ1n) is 10.7. The molecule has 0 aliphatic rings. The van der Waals surface area contributed by atoms with E-state index in [-0.39, 0.29) is 5.91 Å². The van der Waals surface area contributed by atoms with Crippen LogP contribution in [0.15, 0.2) is 60.0 Å². The van der Waals surface area contributed by atoms with Crippen LogP contribution in [-0.2, 0) is 24.3 Å². The molecule has 0 spiro atoms. The third-order valence-electron chi connectivity index (χ3n) is 5.55. The normalized spacial score (nSPS) is 11.1. The SMILES string of the molecule is CSc1nc(C)c(CCC(=O)NCc2cccc(Cn3cnc4ccccc43)c2)c(C)n1. The zero-order valence-corrected chi connectivity index (χ0v) is 19.4. The number of carbonyl (C=O) groups excluding carboxylic acids is 1. The third kappa shape index (κ3) is 5.16. The van der Waals surface area contributed by atoms with E-state index in [1.165, 1.54) is 17.3 Å². The van der Waals surface area contributed by atoms with Gasteiger partial charge in [0.15, 0.2) is 5.16 Å². The number of carbonyl (C=O) groups is 1. The molecule has 7 heteroatoms. The van der Waals surface area contributed by atoms with Crippen molar-refractivity contribution in [2.45, 2.75) is 44.9 Å². The Morgan fingerprint density at radius 1 is 1.03 bits per heavy atom. The van der Waals surface area contributed by atoms with Crippen molar-refractivity contribution >= 4 is 28.7 Å². The summed E-state index contributed by atoms with van der Waals surface area (Å²) in [5, 5.41) is 3.82. The number of amides is 1. The van der Waals surface area contributed by atoms with Gasteiger partial charge in [-0.1, -0.05) is 48.2 Å². The maximum absolute atomic E-state index is 12.5. The molecule has 1 amide bonds. The van der Waals surface area contributed by atoms with E-state index in [0.29, 0.717) is 19.4 Å². The number of aromatic nitrogens is 4. The number of imidazole rings is 1. The van der Waals surface area contributed by atoms with Gasteiger partial charge in [0.05, 0.1) is 17.4 Å². The molecule has 4 rings (SSSR count). The van der Waals surface area contributed by atoms with E-state index < -0.39 is 0 Å². The van der Waals surface area contributed by atoms with Crippen LogP contribution in [0.25, 0.3) is 11.0 Å². The first-order valence-corrected chi connectivity index (χ1v) is 11.9. The van der Waals surface area contributed by atoms with Gasteiger partial charge in [-0.2, -0.15) is 0 Å². The number of hydrogen-bond acceptors (Lipinski definition) is 5. The van der Waals surface area contributed by atoms with Gasteiger partial charge in [-0.15, -0.1) is 0 Å². The second kappa shape index (κ2) is 9.96. The third-order valence-corrected chi connectivity index (χ3v) is 6.09. The average Bonchev–Trinajstić information content (AvgIpc) is 3.20. The van der Waals surface area contributed by atoms with Crippen LogP contribution in [0.2, 0.25) is 0 Å². The molecular weight excluding hydrogens is 418 g/mol. The Bertz CT molecular complexity index is 1230. The second-order valence-corrected chi connectivity index (χ2v) is 8.59. The number of nitrogens with one attached hydrogen (secondary N) is 1. The highest BCUT2D eigenvalue weighted by Gasteiger charge is 2.11. The van der Waals surface area contributed by atoms with Crippen molar-refractivity contribution in [3.63, 3.8) is 0 Å². The van der Waals surface area contributed by atoms with E-state index in [9.17, 15) is 4.79 Å². The standard InChI is InChI=1S/C25H27N5OS/c1-17-21(18(2)29-25(28-17)32-3)11-12-24(31)26-14-19-7-6-8-20(13-19)15-30-16-27-22-9-4-5-10-23(22)30/h4-10,13,16H,11-12,14-15H2,1-3H3,(H,26,31). The maximum atomic E-state index is 12.5. The van der Waals surface area contributed by atoms with Crippen molar-refractivity contribution in [1.29, 1.82) is 0 Å². The second-order valence-electron chi connectivity index (χ2n) is 7.82. The van der Waals surface area contributed by atoms with Crippen molar-refractivity contribution in [2.75, 3.05) is 6.26 Å². The molecule has 2 heterocycles. The monoisotopic (exact) mass is 445 g/mol. The predicted octanol–water partition coefficient (Wildman–Crippen LogP) is 4.46. The van der Waals surface area contributed by atoms with Gasteiger partial charge in [-0.3, -0.25) is 4.79 Å². The lowest BCUT2D eigenvalue weighted by molar-refractivity contribution is -0.121. The van der Waals surface area contributed by atoms with Gasteiger partial charge < -0.3 is 9.88 Å². The molecule has 0 bridgehead atoms. The Morgan fingerprint density at radius 2 is 1.78 bits per heavy atom. The van der Waals surface area contributed by atoms with Crippen molar-refractivity contribution in [3.05, 3.63) is 82.9 Å². The summed E-state index contributed by atoms with van der Waals surface area (Å²) in [5.74, 6) is 0.0312. The van der Waals surface area contributed by atoms with E-state index in [1.807, 2.05) is 56.8 Å². The van der Waals surface area contributed by atoms with Gasteiger partial charge in [0.1, 0.15) is 0 Å². The molecule has 6 nitrogen and oxygen atoms in total. The van der Waals surface area contributed by atoms with Crippen molar-refractivity contribution in [1.82, 2.24) is 24.8 Å². The Kier molecular flexibility index (Phi) is 6.85. The first kappa shape index (κ1) is 22.0. The summed E-state index contributed by atoms with van der Waals surface area (Å²) >= 11 is 1.53. The molecular formula is C25H27N5OS. The fourth-order valence-corrected chi connectivity index (χ4v) is 4.32. The topological polar surface area (TPSA) is 72.7 Å². The number of aryl methyl sites for hydroxylation is 2. The zero-order chi connectivity index (χ0) is 22.5. The molecule has 0 aliphatic carbocycles. The van der Waals surface area contributed by atoms with E-state index >= 15 is 0 Å². The Balaban J connectivity index is 1.34. The van der Waals surface area contributed by atoms with Gasteiger partial charge in [0.25, 0.3) is 0 Å². The number of rotatable bonds is 8. The van der Waals surface area contributed by atoms with Gasteiger partial charge in [0, 0.05) is 30.9 Å². The van der Waals surface area contributed by atoms with E-state index in [4.69, 9.17) is 0 Å². The molecule has 0 fully saturated rings. The van der Waals surface area contributed by atoms with Crippen LogP contribution in [0.3, 0.4) is 0 Å². The Hall–Kier alpha value is -3.19. The lowest BCUT2D eigenvalue weighted by atomic mass is 10.1. The first-order chi connectivity index (χ1) is 15.5. The molecule has 1 N–H and O–H groups in total. The molecule has 0 unspecified atom stereocenters. The number of fused-ring (bicyclic) bond motifs is 1. The smallest absolute Gasteiger partial charge is 0.220 e. The minimum atomic E-state index is 0.0312. The van der Waals surface area contributed by atoms with Crippen LogP contribution in [0.1, 0.15) is 34.5 Å². The number of hydrogen-bond donors (Lipinski definition) is 1. The fourth-order valence-electron chi connectivity index (χ4n) is 3.86. The van der Waals surface area contributed by atoms with Crippen molar-refractivity contribution < 1.29 is 4.79 Å². The summed E-state index contributed by atoms with van der Waals surface area (Å²) in [6.07, 6.45) is 4.91. The molecule has 0 saturated carbocycles. The number of thioether (sulfide) groups is 1. The van der Waals surface area contributed by atoms with Gasteiger partial charge >= 0.3 is 0 Å². The molecule has 4 aromatic rings. The zero-order valence-electron chi connectivity index (χ0n) is 18.6. The molecule has 164 valence electrons. The van der Waals surface area contributed by atoms with E-state index in [1.54, 1.807) is 0 Å². The van der Waals surface area contributed by atoms with Crippen LogP contribution in [0, 0.1) is 13.8 Å². The average molecular weight is 446 g/mol. The quantitative estimate of drug-likeness (QED) is 0.320. The summed E-state index contributed by atoms with van der Waals surface area (Å²) in [6, 6.07) is 16.4. The summed E-state index contributed by atoms with van der Waals surface area (Å²) in [7, 11) is 0. The van der Waals surface area contributed by atoms with Crippen LogP contribution in [0.4, 0.5) is 0 Å². The predicted molar refractivity (Wildman–Crippen MR) is 129 cm³/mol. The highest BCUT2D eigenvalue weighted by atomic mass is 32.2. The molecule has 0 aliphatic heterocycles. The molecule has 0 atom stereocenters. The molecule has 0 saturated heterocycles. The Labute approximate surface area is 192 Å². The van der Waals surface area contributed by atoms with Gasteiger partial charge in [-0.25, -0.2) is 15.0 Å². The van der Waals surface area contributed by atoms with Crippen LogP contribution < -0.4 is 5.32 Å². The molecule has 2 aromatic heterocycles. The van der Waals surface area contributed by atoms with Crippen molar-refractivity contribution in [3.8, 4) is 0 Å². The van der Waals surface area contributed by atoms with E-state index in [0.717, 1.165) is 45.2 Å². The largest absolute Gasteiger partial charge is 0.352 e. The van der Waals surface area contributed by atoms with Crippen LogP contribution in [-0.4, -0.2) is 31.7 Å².